The van der Waals surface area contributed by atoms with Crippen LogP contribution in [0, 0.1) is 11.8 Å². The van der Waals surface area contributed by atoms with Gasteiger partial charge in [-0.05, 0) is 31.6 Å². The molecule has 5 heteroatoms. The average molecular weight is 209 g/mol. The highest BCUT2D eigenvalue weighted by Crippen LogP contribution is 2.34. The van der Waals surface area contributed by atoms with E-state index in [2.05, 4.69) is 46.7 Å². The van der Waals surface area contributed by atoms with E-state index < -0.39 is 0 Å². The van der Waals surface area contributed by atoms with Crippen molar-refractivity contribution in [2.45, 2.75) is 45.7 Å². The maximum atomic E-state index is 3.97. The Balaban J connectivity index is 1.76. The van der Waals surface area contributed by atoms with E-state index in [9.17, 15) is 0 Å². The summed E-state index contributed by atoms with van der Waals surface area (Å²) in [6.07, 6.45) is 2.56. The maximum Gasteiger partial charge on any atom is 0.191 e. The second-order valence-electron chi connectivity index (χ2n) is 4.83. The molecule has 2 rings (SSSR count). The first-order valence-corrected chi connectivity index (χ1v) is 5.66. The number of tetrazole rings is 1. The molecule has 1 aromatic rings. The molecule has 0 saturated heterocycles. The lowest BCUT2D eigenvalue weighted by Gasteiger charge is -2.39. The Kier molecular flexibility index (Phi) is 3.00. The molecule has 1 saturated carbocycles. The van der Waals surface area contributed by atoms with E-state index in [1.807, 2.05) is 0 Å². The van der Waals surface area contributed by atoms with Gasteiger partial charge in [0.25, 0.3) is 0 Å². The minimum Gasteiger partial charge on any atom is -0.305 e. The monoisotopic (exact) mass is 209 g/mol. The fourth-order valence-electron chi connectivity index (χ4n) is 2.12. The molecule has 0 radical (unpaired) electrons. The van der Waals surface area contributed by atoms with Crippen molar-refractivity contribution in [3.8, 4) is 0 Å². The molecule has 1 atom stereocenters. The van der Waals surface area contributed by atoms with Gasteiger partial charge in [-0.2, -0.15) is 5.21 Å². The molecular weight excluding hydrogens is 190 g/mol. The summed E-state index contributed by atoms with van der Waals surface area (Å²) in [4.78, 5) is 0. The molecule has 0 bridgehead atoms. The summed E-state index contributed by atoms with van der Waals surface area (Å²) in [5.74, 6) is 2.45. The lowest BCUT2D eigenvalue weighted by atomic mass is 9.73. The normalized spacial score (nSPS) is 27.7. The molecular formula is C10H19N5. The van der Waals surface area contributed by atoms with Crippen LogP contribution in [-0.2, 0) is 0 Å². The van der Waals surface area contributed by atoms with E-state index in [1.165, 1.54) is 12.8 Å². The van der Waals surface area contributed by atoms with Crippen molar-refractivity contribution >= 4 is 0 Å². The SMILES string of the molecule is CC(NC1CC(C(C)C)C1)c1nn[nH]n1. The lowest BCUT2D eigenvalue weighted by molar-refractivity contribution is 0.158. The topological polar surface area (TPSA) is 66.5 Å². The van der Waals surface area contributed by atoms with Crippen molar-refractivity contribution in [1.29, 1.82) is 0 Å². The van der Waals surface area contributed by atoms with E-state index in [-0.39, 0.29) is 6.04 Å². The van der Waals surface area contributed by atoms with Gasteiger partial charge in [0.15, 0.2) is 5.82 Å². The van der Waals surface area contributed by atoms with Gasteiger partial charge in [-0.1, -0.05) is 19.1 Å². The molecule has 15 heavy (non-hydrogen) atoms. The van der Waals surface area contributed by atoms with Gasteiger partial charge in [0.05, 0.1) is 6.04 Å². The Bertz CT molecular complexity index is 289. The van der Waals surface area contributed by atoms with Crippen molar-refractivity contribution in [3.05, 3.63) is 5.82 Å². The zero-order valence-electron chi connectivity index (χ0n) is 9.57. The van der Waals surface area contributed by atoms with E-state index in [1.54, 1.807) is 0 Å². The van der Waals surface area contributed by atoms with E-state index in [4.69, 9.17) is 0 Å². The molecule has 0 aliphatic heterocycles. The third-order valence-corrected chi connectivity index (χ3v) is 3.35. The molecule has 0 aromatic carbocycles. The second-order valence-corrected chi connectivity index (χ2v) is 4.83. The van der Waals surface area contributed by atoms with Gasteiger partial charge in [-0.15, -0.1) is 10.2 Å². The Labute approximate surface area is 90.0 Å². The molecule has 1 aromatic heterocycles. The number of hydrogen-bond acceptors (Lipinski definition) is 4. The summed E-state index contributed by atoms with van der Waals surface area (Å²) in [5.41, 5.74) is 0. The molecule has 1 unspecified atom stereocenters. The van der Waals surface area contributed by atoms with E-state index in [0.29, 0.717) is 6.04 Å². The van der Waals surface area contributed by atoms with Gasteiger partial charge in [-0.25, -0.2) is 0 Å². The van der Waals surface area contributed by atoms with Crippen LogP contribution < -0.4 is 5.32 Å². The number of nitrogens with zero attached hydrogens (tertiary/aromatic N) is 3. The Hall–Kier alpha value is -0.970. The van der Waals surface area contributed by atoms with Crippen LogP contribution in [0.2, 0.25) is 0 Å². The van der Waals surface area contributed by atoms with Crippen LogP contribution in [0.1, 0.15) is 45.5 Å². The summed E-state index contributed by atoms with van der Waals surface area (Å²) in [6.45, 7) is 6.67. The summed E-state index contributed by atoms with van der Waals surface area (Å²) >= 11 is 0. The van der Waals surface area contributed by atoms with Crippen molar-refractivity contribution < 1.29 is 0 Å². The minimum absolute atomic E-state index is 0.196. The van der Waals surface area contributed by atoms with Crippen molar-refractivity contribution in [2.24, 2.45) is 11.8 Å². The zero-order valence-corrected chi connectivity index (χ0v) is 9.57. The summed E-state index contributed by atoms with van der Waals surface area (Å²) in [7, 11) is 0. The maximum absolute atomic E-state index is 3.97. The van der Waals surface area contributed by atoms with Crippen LogP contribution in [0.15, 0.2) is 0 Å². The Morgan fingerprint density at radius 1 is 1.33 bits per heavy atom. The van der Waals surface area contributed by atoms with Crippen LogP contribution in [0.4, 0.5) is 0 Å². The number of H-pyrrole nitrogens is 1. The lowest BCUT2D eigenvalue weighted by Crippen LogP contribution is -2.44. The molecule has 1 fully saturated rings. The quantitative estimate of drug-likeness (QED) is 0.784. The standard InChI is InChI=1S/C10H19N5/c1-6(2)8-4-9(5-8)11-7(3)10-12-14-15-13-10/h6-9,11H,4-5H2,1-3H3,(H,12,13,14,15). The van der Waals surface area contributed by atoms with E-state index in [0.717, 1.165) is 17.7 Å². The molecule has 1 aliphatic rings. The van der Waals surface area contributed by atoms with Crippen molar-refractivity contribution in [1.82, 2.24) is 25.9 Å². The highest BCUT2D eigenvalue weighted by Gasteiger charge is 2.32. The van der Waals surface area contributed by atoms with Crippen LogP contribution in [0.25, 0.3) is 0 Å². The largest absolute Gasteiger partial charge is 0.305 e. The second kappa shape index (κ2) is 4.26. The van der Waals surface area contributed by atoms with Gasteiger partial charge in [0, 0.05) is 6.04 Å². The molecule has 2 N–H and O–H groups in total. The van der Waals surface area contributed by atoms with Crippen LogP contribution >= 0.6 is 0 Å². The fourth-order valence-corrected chi connectivity index (χ4v) is 2.12. The predicted octanol–water partition coefficient (Wildman–Crippen LogP) is 1.28. The van der Waals surface area contributed by atoms with Crippen molar-refractivity contribution in [2.75, 3.05) is 0 Å². The molecule has 0 amide bonds. The summed E-state index contributed by atoms with van der Waals surface area (Å²) in [6, 6.07) is 0.827. The average Bonchev–Trinajstić information content (AvgIpc) is 2.61. The van der Waals surface area contributed by atoms with Gasteiger partial charge < -0.3 is 5.32 Å². The molecule has 1 aliphatic carbocycles. The summed E-state index contributed by atoms with van der Waals surface area (Å²) < 4.78 is 0. The smallest absolute Gasteiger partial charge is 0.191 e. The molecule has 5 nitrogen and oxygen atoms in total. The Morgan fingerprint density at radius 2 is 2.07 bits per heavy atom. The van der Waals surface area contributed by atoms with Crippen LogP contribution in [0.5, 0.6) is 0 Å². The van der Waals surface area contributed by atoms with Crippen LogP contribution in [-0.4, -0.2) is 26.7 Å². The number of hydrogen-bond donors (Lipinski definition) is 2. The highest BCUT2D eigenvalue weighted by molar-refractivity contribution is 4.93. The first-order chi connectivity index (χ1) is 7.16. The van der Waals surface area contributed by atoms with Crippen molar-refractivity contribution in [3.63, 3.8) is 0 Å². The third kappa shape index (κ3) is 2.34. The van der Waals surface area contributed by atoms with Gasteiger partial charge in [-0.3, -0.25) is 0 Å². The van der Waals surface area contributed by atoms with Gasteiger partial charge in [0.2, 0.25) is 0 Å². The Morgan fingerprint density at radius 3 is 2.60 bits per heavy atom. The third-order valence-electron chi connectivity index (χ3n) is 3.35. The molecule has 84 valence electrons. The fraction of sp³-hybridized carbons (Fsp3) is 0.900. The van der Waals surface area contributed by atoms with Gasteiger partial charge in [0.1, 0.15) is 0 Å². The zero-order chi connectivity index (χ0) is 10.8. The first kappa shape index (κ1) is 10.5. The highest BCUT2D eigenvalue weighted by atomic mass is 15.5. The first-order valence-electron chi connectivity index (χ1n) is 5.66. The van der Waals surface area contributed by atoms with Crippen LogP contribution in [0.3, 0.4) is 0 Å². The number of nitrogens with one attached hydrogen (secondary N) is 2. The molecule has 1 heterocycles. The van der Waals surface area contributed by atoms with E-state index >= 15 is 0 Å². The molecule has 0 spiro atoms. The summed E-state index contributed by atoms with van der Waals surface area (Å²) in [5, 5.41) is 17.5. The number of aromatic amines is 1. The number of aromatic nitrogens is 4. The predicted molar refractivity (Wildman–Crippen MR) is 57.1 cm³/mol. The van der Waals surface area contributed by atoms with Gasteiger partial charge >= 0.3 is 0 Å². The minimum atomic E-state index is 0.196. The number of rotatable bonds is 4.